The molecule has 0 heterocycles. The van der Waals surface area contributed by atoms with Gasteiger partial charge in [-0.05, 0) is 110 Å². The molecule has 3 atom stereocenters. The van der Waals surface area contributed by atoms with E-state index >= 15 is 4.79 Å². The average Bonchev–Trinajstić information content (AvgIpc) is 3.77. The van der Waals surface area contributed by atoms with Gasteiger partial charge < -0.3 is 14.2 Å². The maximum absolute atomic E-state index is 15.1. The van der Waals surface area contributed by atoms with Crippen molar-refractivity contribution in [2.45, 2.75) is 102 Å². The summed E-state index contributed by atoms with van der Waals surface area (Å²) in [5.41, 5.74) is 6.01. The van der Waals surface area contributed by atoms with Gasteiger partial charge in [0, 0.05) is 12.3 Å². The first kappa shape index (κ1) is 46.8. The molecule has 2 aliphatic carbocycles. The van der Waals surface area contributed by atoms with Crippen molar-refractivity contribution in [3.8, 4) is 22.3 Å². The highest BCUT2D eigenvalue weighted by Gasteiger charge is 2.49. The topological polar surface area (TPSA) is 120 Å². The summed E-state index contributed by atoms with van der Waals surface area (Å²) >= 11 is 0. The van der Waals surface area contributed by atoms with Crippen LogP contribution in [0.3, 0.4) is 0 Å². The lowest BCUT2D eigenvalue weighted by atomic mass is 9.78. The Morgan fingerprint density at radius 1 is 0.493 bits per heavy atom. The molecule has 344 valence electrons. The van der Waals surface area contributed by atoms with Crippen LogP contribution >= 0.6 is 0 Å². The molecule has 9 heteroatoms. The minimum absolute atomic E-state index is 0.0313. The van der Waals surface area contributed by atoms with E-state index in [2.05, 4.69) is 59.2 Å². The molecule has 0 spiro atoms. The number of hydrogen-bond acceptors (Lipinski definition) is 9. The molecular weight excluding hydrogens is 837 g/mol. The van der Waals surface area contributed by atoms with E-state index in [1.54, 1.807) is 20.8 Å². The zero-order valence-electron chi connectivity index (χ0n) is 39.4. The zero-order chi connectivity index (χ0) is 47.6. The fourth-order valence-corrected chi connectivity index (χ4v) is 10.1. The number of fused-ring (bicyclic) bond motifs is 6. The van der Waals surface area contributed by atoms with Crippen molar-refractivity contribution in [2.75, 3.05) is 7.11 Å². The monoisotopic (exact) mass is 896 g/mol. The maximum Gasteiger partial charge on any atom is 0.323 e. The van der Waals surface area contributed by atoms with Gasteiger partial charge in [0.15, 0.2) is 0 Å². The Bertz CT molecular complexity index is 2680. The molecule has 0 amide bonds. The summed E-state index contributed by atoms with van der Waals surface area (Å²) in [6, 6.07) is 50.4. The molecule has 0 radical (unpaired) electrons. The summed E-state index contributed by atoms with van der Waals surface area (Å²) < 4.78 is 17.4. The number of ether oxygens (including phenoxy) is 3. The Morgan fingerprint density at radius 3 is 1.21 bits per heavy atom. The fraction of sp³-hybridized carbons (Fsp3) is 0.310. The number of methoxy groups -OCH3 is 1. The van der Waals surface area contributed by atoms with E-state index in [0.29, 0.717) is 0 Å². The Hall–Kier alpha value is -6.68. The largest absolute Gasteiger partial charge is 0.469 e. The maximum atomic E-state index is 15.1. The van der Waals surface area contributed by atoms with Gasteiger partial charge in [-0.15, -0.1) is 0 Å². The van der Waals surface area contributed by atoms with Gasteiger partial charge in [-0.2, -0.15) is 0 Å². The first-order valence-electron chi connectivity index (χ1n) is 23.2. The summed E-state index contributed by atoms with van der Waals surface area (Å²) in [5.74, 6) is -2.99. The normalized spacial score (nSPS) is 15.4. The number of benzene rings is 6. The van der Waals surface area contributed by atoms with Crippen molar-refractivity contribution >= 4 is 23.7 Å². The number of nitrogens with one attached hydrogen (secondary N) is 2. The zero-order valence-corrected chi connectivity index (χ0v) is 39.4. The van der Waals surface area contributed by atoms with Crippen LogP contribution < -0.4 is 10.6 Å². The second-order valence-corrected chi connectivity index (χ2v) is 19.6. The molecule has 6 aromatic carbocycles. The van der Waals surface area contributed by atoms with Crippen molar-refractivity contribution in [3.63, 3.8) is 0 Å². The first-order chi connectivity index (χ1) is 32.1. The highest BCUT2D eigenvalue weighted by Crippen LogP contribution is 2.53. The van der Waals surface area contributed by atoms with Gasteiger partial charge in [0.25, 0.3) is 0 Å². The third-order valence-corrected chi connectivity index (χ3v) is 12.8. The molecule has 0 aromatic heterocycles. The predicted octanol–water partition coefficient (Wildman–Crippen LogP) is 10.4. The molecule has 9 nitrogen and oxygen atoms in total. The number of Topliss-reactive ketones (excluding diaryl/α,β-unsaturated/α-hetero) is 1. The number of carbonyl (C=O) groups excluding carboxylic acids is 4. The lowest BCUT2D eigenvalue weighted by Gasteiger charge is -2.39. The van der Waals surface area contributed by atoms with Gasteiger partial charge in [-0.3, -0.25) is 29.8 Å². The average molecular weight is 897 g/mol. The van der Waals surface area contributed by atoms with Crippen molar-refractivity contribution in [1.82, 2.24) is 10.6 Å². The standard InChI is InChI=1S/C58H60N2O7/c1-55(2,3)66-53(63)49(59-57(39-22-10-8-11-23-39)45-30-18-14-26-41(45)42-27-15-19-31-46(42)57)34-35-51(61)38(37-52(62)65-7)36-50(54(64)67-56(4,5)6)60-58(40-24-12-9-13-25-40)47-32-20-16-28-43(47)44-29-17-21-33-48(44)58/h8-33,38,49-50,59-60H,34-37H2,1-7H3/t38-,49-,50-/m0/s1. The molecule has 0 unspecified atom stereocenters. The summed E-state index contributed by atoms with van der Waals surface area (Å²) in [4.78, 5) is 57.7. The third-order valence-electron chi connectivity index (χ3n) is 12.8. The van der Waals surface area contributed by atoms with Crippen LogP contribution in [-0.2, 0) is 44.5 Å². The summed E-state index contributed by atoms with van der Waals surface area (Å²) in [6.07, 6.45) is -0.477. The third kappa shape index (κ3) is 9.36. The number of hydrogen-bond donors (Lipinski definition) is 2. The molecule has 8 rings (SSSR count). The van der Waals surface area contributed by atoms with E-state index in [1.807, 2.05) is 130 Å². The smallest absolute Gasteiger partial charge is 0.323 e. The van der Waals surface area contributed by atoms with Gasteiger partial charge in [0.2, 0.25) is 0 Å². The number of ketones is 1. The summed E-state index contributed by atoms with van der Waals surface area (Å²) in [7, 11) is 1.28. The highest BCUT2D eigenvalue weighted by atomic mass is 16.6. The van der Waals surface area contributed by atoms with E-state index in [4.69, 9.17) is 14.2 Å². The second kappa shape index (κ2) is 18.9. The van der Waals surface area contributed by atoms with Crippen molar-refractivity contribution < 1.29 is 33.4 Å². The first-order valence-corrected chi connectivity index (χ1v) is 23.2. The van der Waals surface area contributed by atoms with Gasteiger partial charge in [-0.1, -0.05) is 158 Å². The van der Waals surface area contributed by atoms with Crippen molar-refractivity contribution in [2.24, 2.45) is 5.92 Å². The molecule has 0 bridgehead atoms. The Kier molecular flexibility index (Phi) is 13.2. The molecule has 2 aliphatic rings. The second-order valence-electron chi connectivity index (χ2n) is 19.6. The minimum atomic E-state index is -1.09. The van der Waals surface area contributed by atoms with Gasteiger partial charge in [-0.25, -0.2) is 0 Å². The van der Waals surface area contributed by atoms with Crippen LogP contribution in [0.2, 0.25) is 0 Å². The van der Waals surface area contributed by atoms with Crippen LogP contribution in [0.1, 0.15) is 101 Å². The lowest BCUT2D eigenvalue weighted by molar-refractivity contribution is -0.159. The van der Waals surface area contributed by atoms with E-state index in [9.17, 15) is 14.4 Å². The van der Waals surface area contributed by atoms with Crippen LogP contribution in [0.15, 0.2) is 158 Å². The minimum Gasteiger partial charge on any atom is -0.469 e. The Balaban J connectivity index is 1.18. The molecular formula is C58H60N2O7. The van der Waals surface area contributed by atoms with Gasteiger partial charge >= 0.3 is 17.9 Å². The summed E-state index contributed by atoms with van der Waals surface area (Å²) in [5, 5.41) is 7.59. The van der Waals surface area contributed by atoms with Crippen LogP contribution in [0.5, 0.6) is 0 Å². The molecule has 0 saturated carbocycles. The molecule has 6 aromatic rings. The van der Waals surface area contributed by atoms with Crippen molar-refractivity contribution in [1.29, 1.82) is 0 Å². The van der Waals surface area contributed by atoms with E-state index in [-0.39, 0.29) is 31.5 Å². The number of carbonyl (C=O) groups is 4. The fourth-order valence-electron chi connectivity index (χ4n) is 10.1. The van der Waals surface area contributed by atoms with Gasteiger partial charge in [0.1, 0.15) is 29.1 Å². The molecule has 0 saturated heterocycles. The van der Waals surface area contributed by atoms with E-state index in [1.165, 1.54) is 7.11 Å². The van der Waals surface area contributed by atoms with Crippen LogP contribution in [0.4, 0.5) is 0 Å². The van der Waals surface area contributed by atoms with E-state index < -0.39 is 58.2 Å². The van der Waals surface area contributed by atoms with Crippen LogP contribution in [0, 0.1) is 5.92 Å². The van der Waals surface area contributed by atoms with Gasteiger partial charge in [0.05, 0.1) is 24.6 Å². The number of esters is 3. The molecule has 0 fully saturated rings. The number of rotatable bonds is 16. The highest BCUT2D eigenvalue weighted by molar-refractivity contribution is 5.89. The van der Waals surface area contributed by atoms with Crippen LogP contribution in [0.25, 0.3) is 22.3 Å². The Morgan fingerprint density at radius 2 is 0.836 bits per heavy atom. The molecule has 67 heavy (non-hydrogen) atoms. The quantitative estimate of drug-likeness (QED) is 0.0723. The lowest BCUT2D eigenvalue weighted by Crippen LogP contribution is -2.54. The van der Waals surface area contributed by atoms with Crippen LogP contribution in [-0.4, -0.2) is 54.1 Å². The summed E-state index contributed by atoms with van der Waals surface area (Å²) in [6.45, 7) is 10.9. The Labute approximate surface area is 394 Å². The predicted molar refractivity (Wildman–Crippen MR) is 261 cm³/mol. The SMILES string of the molecule is COC(=O)C[C@H](C[C@H](NC1(c2ccccc2)c2ccccc2-c2ccccc21)C(=O)OC(C)(C)C)C(=O)CC[C@H](NC1(c2ccccc2)c2ccccc2-c2ccccc21)C(=O)OC(C)(C)C. The van der Waals surface area contributed by atoms with E-state index in [0.717, 1.165) is 55.6 Å². The van der Waals surface area contributed by atoms with Crippen molar-refractivity contribution in [3.05, 3.63) is 191 Å². The molecule has 0 aliphatic heterocycles. The molecule has 2 N–H and O–H groups in total.